The zero-order valence-corrected chi connectivity index (χ0v) is 15.2. The SMILES string of the molecule is CC(C)N1CCC(n2ncc(C(C)(C)C)c2C(C)(C)C)C1. The highest BCUT2D eigenvalue weighted by Gasteiger charge is 2.34. The van der Waals surface area contributed by atoms with Gasteiger partial charge in [-0.15, -0.1) is 0 Å². The summed E-state index contributed by atoms with van der Waals surface area (Å²) < 4.78 is 2.34. The van der Waals surface area contributed by atoms with Gasteiger partial charge in [0.1, 0.15) is 0 Å². The maximum absolute atomic E-state index is 4.81. The van der Waals surface area contributed by atoms with E-state index in [0.29, 0.717) is 12.1 Å². The molecule has 21 heavy (non-hydrogen) atoms. The lowest BCUT2D eigenvalue weighted by atomic mass is 9.79. The van der Waals surface area contributed by atoms with Gasteiger partial charge in [-0.05, 0) is 31.2 Å². The van der Waals surface area contributed by atoms with Gasteiger partial charge < -0.3 is 0 Å². The largest absolute Gasteiger partial charge is 0.299 e. The minimum atomic E-state index is 0.129. The van der Waals surface area contributed by atoms with E-state index in [1.54, 1.807) is 0 Å². The molecular formula is C18H33N3. The van der Waals surface area contributed by atoms with Crippen molar-refractivity contribution in [3.63, 3.8) is 0 Å². The molecule has 0 spiro atoms. The highest BCUT2D eigenvalue weighted by atomic mass is 15.3. The first-order chi connectivity index (χ1) is 9.51. The van der Waals surface area contributed by atoms with Gasteiger partial charge in [-0.25, -0.2) is 0 Å². The summed E-state index contributed by atoms with van der Waals surface area (Å²) >= 11 is 0. The van der Waals surface area contributed by atoms with Gasteiger partial charge in [-0.2, -0.15) is 5.10 Å². The van der Waals surface area contributed by atoms with Crippen LogP contribution >= 0.6 is 0 Å². The molecule has 1 aliphatic heterocycles. The van der Waals surface area contributed by atoms with Crippen molar-refractivity contribution in [1.82, 2.24) is 14.7 Å². The summed E-state index contributed by atoms with van der Waals surface area (Å²) in [5, 5.41) is 4.81. The summed E-state index contributed by atoms with van der Waals surface area (Å²) in [6.07, 6.45) is 3.32. The molecule has 1 aromatic rings. The second kappa shape index (κ2) is 5.42. The number of aromatic nitrogens is 2. The third-order valence-electron chi connectivity index (χ3n) is 4.58. The molecule has 1 atom stereocenters. The Labute approximate surface area is 130 Å². The number of rotatable bonds is 2. The van der Waals surface area contributed by atoms with E-state index >= 15 is 0 Å². The second-order valence-corrected chi connectivity index (χ2v) is 8.88. The maximum atomic E-state index is 4.81. The van der Waals surface area contributed by atoms with Gasteiger partial charge in [0.25, 0.3) is 0 Å². The minimum Gasteiger partial charge on any atom is -0.299 e. The second-order valence-electron chi connectivity index (χ2n) is 8.88. The molecule has 2 rings (SSSR count). The average molecular weight is 291 g/mol. The molecule has 3 nitrogen and oxygen atoms in total. The standard InChI is InChI=1S/C18H33N3/c1-13(2)20-10-9-14(12-20)21-16(18(6,7)8)15(11-19-21)17(3,4)5/h11,13-14H,9-10,12H2,1-8H3. The Hall–Kier alpha value is -0.830. The highest BCUT2D eigenvalue weighted by Crippen LogP contribution is 2.36. The Bertz CT molecular complexity index is 486. The van der Waals surface area contributed by atoms with Gasteiger partial charge in [0.2, 0.25) is 0 Å². The van der Waals surface area contributed by atoms with Crippen LogP contribution in [0.1, 0.15) is 79.1 Å². The summed E-state index contributed by atoms with van der Waals surface area (Å²) in [5.41, 5.74) is 3.10. The summed E-state index contributed by atoms with van der Waals surface area (Å²) in [4.78, 5) is 2.57. The van der Waals surface area contributed by atoms with Crippen LogP contribution in [-0.2, 0) is 10.8 Å². The van der Waals surface area contributed by atoms with E-state index in [9.17, 15) is 0 Å². The normalized spacial score (nSPS) is 21.5. The smallest absolute Gasteiger partial charge is 0.0661 e. The number of hydrogen-bond acceptors (Lipinski definition) is 2. The van der Waals surface area contributed by atoms with Crippen molar-refractivity contribution in [1.29, 1.82) is 0 Å². The van der Waals surface area contributed by atoms with E-state index < -0.39 is 0 Å². The Kier molecular flexibility index (Phi) is 4.27. The summed E-state index contributed by atoms with van der Waals surface area (Å²) in [6.45, 7) is 20.7. The van der Waals surface area contributed by atoms with Crippen molar-refractivity contribution in [3.8, 4) is 0 Å². The quantitative estimate of drug-likeness (QED) is 0.817. The molecule has 0 saturated carbocycles. The predicted octanol–water partition coefficient (Wildman–Crippen LogP) is 4.13. The van der Waals surface area contributed by atoms with Crippen molar-refractivity contribution < 1.29 is 0 Å². The molecule has 2 heterocycles. The van der Waals surface area contributed by atoms with E-state index in [1.165, 1.54) is 24.2 Å². The average Bonchev–Trinajstić information content (AvgIpc) is 2.93. The molecular weight excluding hydrogens is 258 g/mol. The monoisotopic (exact) mass is 291 g/mol. The first-order valence-corrected chi connectivity index (χ1v) is 8.34. The first kappa shape index (κ1) is 16.5. The lowest BCUT2D eigenvalue weighted by molar-refractivity contribution is 0.260. The topological polar surface area (TPSA) is 21.1 Å². The van der Waals surface area contributed by atoms with Crippen molar-refractivity contribution >= 4 is 0 Å². The van der Waals surface area contributed by atoms with E-state index in [0.717, 1.165) is 6.54 Å². The van der Waals surface area contributed by atoms with Crippen LogP contribution in [0, 0.1) is 0 Å². The summed E-state index contributed by atoms with van der Waals surface area (Å²) in [5.74, 6) is 0. The van der Waals surface area contributed by atoms with E-state index in [-0.39, 0.29) is 10.8 Å². The van der Waals surface area contributed by atoms with Crippen LogP contribution < -0.4 is 0 Å². The lowest BCUT2D eigenvalue weighted by Gasteiger charge is -2.29. The predicted molar refractivity (Wildman–Crippen MR) is 90.0 cm³/mol. The Morgan fingerprint density at radius 1 is 1.10 bits per heavy atom. The molecule has 0 aromatic carbocycles. The molecule has 1 fully saturated rings. The Balaban J connectivity index is 2.40. The highest BCUT2D eigenvalue weighted by molar-refractivity contribution is 5.31. The zero-order chi connectivity index (χ0) is 16.0. The molecule has 1 saturated heterocycles. The van der Waals surface area contributed by atoms with Crippen LogP contribution in [0.25, 0.3) is 0 Å². The molecule has 1 aromatic heterocycles. The molecule has 0 aliphatic carbocycles. The van der Waals surface area contributed by atoms with Crippen LogP contribution in [0.2, 0.25) is 0 Å². The van der Waals surface area contributed by atoms with E-state index in [2.05, 4.69) is 71.2 Å². The molecule has 1 unspecified atom stereocenters. The van der Waals surface area contributed by atoms with Crippen LogP contribution in [0.3, 0.4) is 0 Å². The molecule has 0 N–H and O–H groups in total. The first-order valence-electron chi connectivity index (χ1n) is 8.34. The molecule has 0 amide bonds. The fourth-order valence-electron chi connectivity index (χ4n) is 3.37. The van der Waals surface area contributed by atoms with Gasteiger partial charge in [0, 0.05) is 30.2 Å². The zero-order valence-electron chi connectivity index (χ0n) is 15.2. The van der Waals surface area contributed by atoms with Crippen LogP contribution in [0.4, 0.5) is 0 Å². The molecule has 120 valence electrons. The number of likely N-dealkylation sites (tertiary alicyclic amines) is 1. The fraction of sp³-hybridized carbons (Fsp3) is 0.833. The Morgan fingerprint density at radius 2 is 1.71 bits per heavy atom. The van der Waals surface area contributed by atoms with Crippen molar-refractivity contribution in [3.05, 3.63) is 17.5 Å². The van der Waals surface area contributed by atoms with Crippen molar-refractivity contribution in [2.24, 2.45) is 0 Å². The lowest BCUT2D eigenvalue weighted by Crippen LogP contribution is -2.30. The van der Waals surface area contributed by atoms with Crippen LogP contribution in [-0.4, -0.2) is 33.8 Å². The van der Waals surface area contributed by atoms with Gasteiger partial charge in [-0.1, -0.05) is 41.5 Å². The molecule has 3 heteroatoms. The maximum Gasteiger partial charge on any atom is 0.0661 e. The van der Waals surface area contributed by atoms with Crippen LogP contribution in [0.5, 0.6) is 0 Å². The number of hydrogen-bond donors (Lipinski definition) is 0. The third kappa shape index (κ3) is 3.33. The van der Waals surface area contributed by atoms with Gasteiger partial charge in [-0.3, -0.25) is 9.58 Å². The van der Waals surface area contributed by atoms with E-state index in [1.807, 2.05) is 0 Å². The van der Waals surface area contributed by atoms with Crippen LogP contribution in [0.15, 0.2) is 6.20 Å². The van der Waals surface area contributed by atoms with Gasteiger partial charge >= 0.3 is 0 Å². The fourth-order valence-corrected chi connectivity index (χ4v) is 3.37. The van der Waals surface area contributed by atoms with E-state index in [4.69, 9.17) is 5.10 Å². The summed E-state index contributed by atoms with van der Waals surface area (Å²) in [6, 6.07) is 1.16. The van der Waals surface area contributed by atoms with Crippen molar-refractivity contribution in [2.75, 3.05) is 13.1 Å². The number of nitrogens with zero attached hydrogens (tertiary/aromatic N) is 3. The molecule has 0 bridgehead atoms. The van der Waals surface area contributed by atoms with Gasteiger partial charge in [0.05, 0.1) is 12.2 Å². The summed E-state index contributed by atoms with van der Waals surface area (Å²) in [7, 11) is 0. The molecule has 1 aliphatic rings. The minimum absolute atomic E-state index is 0.129. The Morgan fingerprint density at radius 3 is 2.14 bits per heavy atom. The van der Waals surface area contributed by atoms with Crippen molar-refractivity contribution in [2.45, 2.75) is 84.7 Å². The van der Waals surface area contributed by atoms with Gasteiger partial charge in [0.15, 0.2) is 0 Å². The third-order valence-corrected chi connectivity index (χ3v) is 4.58. The molecule has 0 radical (unpaired) electrons.